The molecule has 0 aromatic heterocycles. The van der Waals surface area contributed by atoms with Crippen molar-refractivity contribution in [2.24, 2.45) is 17.8 Å². The van der Waals surface area contributed by atoms with Gasteiger partial charge in [0, 0.05) is 0 Å². The molecular weight excluding hydrogens is 256 g/mol. The molecule has 0 radical (unpaired) electrons. The Morgan fingerprint density at radius 2 is 1.80 bits per heavy atom. The topological polar surface area (TPSA) is 63.6 Å². The van der Waals surface area contributed by atoms with Gasteiger partial charge in [-0.2, -0.15) is 0 Å². The average molecular weight is 286 g/mol. The molecule has 0 rings (SSSR count). The van der Waals surface area contributed by atoms with Crippen molar-refractivity contribution in [2.45, 2.75) is 66.2 Å². The minimum atomic E-state index is -0.856. The fourth-order valence-electron chi connectivity index (χ4n) is 2.17. The summed E-state index contributed by atoms with van der Waals surface area (Å²) in [5.41, 5.74) is 0. The molecule has 118 valence electrons. The van der Waals surface area contributed by atoms with Crippen LogP contribution in [0.5, 0.6) is 0 Å². The summed E-state index contributed by atoms with van der Waals surface area (Å²) in [5.74, 6) is -1.48. The largest absolute Gasteiger partial charge is 0.481 e. The summed E-state index contributed by atoms with van der Waals surface area (Å²) in [7, 11) is 0. The molecule has 1 N–H and O–H groups in total. The summed E-state index contributed by atoms with van der Waals surface area (Å²) in [6, 6.07) is 0. The van der Waals surface area contributed by atoms with Crippen LogP contribution < -0.4 is 0 Å². The first-order chi connectivity index (χ1) is 9.46. The molecule has 0 aliphatic heterocycles. The van der Waals surface area contributed by atoms with Gasteiger partial charge in [0.25, 0.3) is 0 Å². The van der Waals surface area contributed by atoms with Crippen molar-refractivity contribution in [3.05, 3.63) is 0 Å². The highest BCUT2D eigenvalue weighted by atomic mass is 16.5. The summed E-state index contributed by atoms with van der Waals surface area (Å²) in [4.78, 5) is 22.9. The highest BCUT2D eigenvalue weighted by molar-refractivity contribution is 5.74. The second kappa shape index (κ2) is 10.7. The molecule has 0 heterocycles. The van der Waals surface area contributed by atoms with Crippen LogP contribution in [-0.4, -0.2) is 23.7 Å². The van der Waals surface area contributed by atoms with Crippen molar-refractivity contribution >= 4 is 11.9 Å². The second-order valence-electron chi connectivity index (χ2n) is 5.63. The second-order valence-corrected chi connectivity index (χ2v) is 5.63. The molecule has 0 saturated carbocycles. The van der Waals surface area contributed by atoms with Crippen molar-refractivity contribution in [2.75, 3.05) is 6.61 Å². The number of unbranched alkanes of at least 4 members (excludes halogenated alkanes) is 1. The Labute approximate surface area is 122 Å². The Morgan fingerprint density at radius 3 is 2.25 bits per heavy atom. The van der Waals surface area contributed by atoms with Gasteiger partial charge in [0.15, 0.2) is 0 Å². The molecule has 0 aromatic rings. The van der Waals surface area contributed by atoms with Gasteiger partial charge in [-0.3, -0.25) is 9.59 Å². The van der Waals surface area contributed by atoms with Crippen molar-refractivity contribution in [1.29, 1.82) is 0 Å². The van der Waals surface area contributed by atoms with Gasteiger partial charge in [-0.1, -0.05) is 47.0 Å². The molecule has 4 heteroatoms. The molecule has 0 aliphatic carbocycles. The van der Waals surface area contributed by atoms with Gasteiger partial charge >= 0.3 is 11.9 Å². The quantitative estimate of drug-likeness (QED) is 0.585. The van der Waals surface area contributed by atoms with Crippen LogP contribution >= 0.6 is 0 Å². The maximum atomic E-state index is 12.0. The number of esters is 1. The molecule has 4 nitrogen and oxygen atoms in total. The van der Waals surface area contributed by atoms with Crippen molar-refractivity contribution in [3.63, 3.8) is 0 Å². The van der Waals surface area contributed by atoms with Crippen LogP contribution in [0, 0.1) is 17.8 Å². The smallest absolute Gasteiger partial charge is 0.308 e. The fraction of sp³-hybridized carbons (Fsp3) is 0.875. The highest BCUT2D eigenvalue weighted by Gasteiger charge is 2.24. The zero-order valence-electron chi connectivity index (χ0n) is 13.4. The Kier molecular flexibility index (Phi) is 10.1. The van der Waals surface area contributed by atoms with Gasteiger partial charge in [0.2, 0.25) is 0 Å². The van der Waals surface area contributed by atoms with Gasteiger partial charge < -0.3 is 9.84 Å². The lowest BCUT2D eigenvalue weighted by molar-refractivity contribution is -0.151. The minimum Gasteiger partial charge on any atom is -0.481 e. The Morgan fingerprint density at radius 1 is 1.15 bits per heavy atom. The van der Waals surface area contributed by atoms with Crippen LogP contribution in [0.2, 0.25) is 0 Å². The summed E-state index contributed by atoms with van der Waals surface area (Å²) in [6.07, 6.45) is 5.39. The van der Waals surface area contributed by atoms with Gasteiger partial charge in [-0.05, 0) is 25.2 Å². The SMILES string of the molecule is CCCCC(CC)COC(=O)C(CC)CC(C)C(=O)O. The van der Waals surface area contributed by atoms with E-state index in [1.807, 2.05) is 6.92 Å². The third kappa shape index (κ3) is 7.51. The predicted molar refractivity (Wildman–Crippen MR) is 79.5 cm³/mol. The van der Waals surface area contributed by atoms with Crippen molar-refractivity contribution < 1.29 is 19.4 Å². The van der Waals surface area contributed by atoms with Gasteiger partial charge in [0.1, 0.15) is 0 Å². The first-order valence-electron chi connectivity index (χ1n) is 7.85. The molecule has 0 aromatic carbocycles. The number of hydrogen-bond donors (Lipinski definition) is 1. The number of carboxylic acids is 1. The molecule has 0 saturated heterocycles. The Bertz CT molecular complexity index is 288. The van der Waals surface area contributed by atoms with Crippen molar-refractivity contribution in [3.8, 4) is 0 Å². The lowest BCUT2D eigenvalue weighted by Gasteiger charge is -2.19. The van der Waals surface area contributed by atoms with Gasteiger partial charge in [-0.15, -0.1) is 0 Å². The van der Waals surface area contributed by atoms with Crippen LogP contribution in [0.3, 0.4) is 0 Å². The average Bonchev–Trinajstić information content (AvgIpc) is 2.44. The summed E-state index contributed by atoms with van der Waals surface area (Å²) in [6.45, 7) is 8.26. The first-order valence-corrected chi connectivity index (χ1v) is 7.85. The molecule has 0 amide bonds. The number of carbonyl (C=O) groups is 2. The third-order valence-electron chi connectivity index (χ3n) is 3.89. The van der Waals surface area contributed by atoms with E-state index < -0.39 is 11.9 Å². The van der Waals surface area contributed by atoms with E-state index in [0.717, 1.165) is 25.7 Å². The van der Waals surface area contributed by atoms with Crippen LogP contribution in [0.4, 0.5) is 0 Å². The van der Waals surface area contributed by atoms with Gasteiger partial charge in [-0.25, -0.2) is 0 Å². The van der Waals surface area contributed by atoms with E-state index in [2.05, 4.69) is 13.8 Å². The van der Waals surface area contributed by atoms with Crippen LogP contribution in [-0.2, 0) is 14.3 Å². The highest BCUT2D eigenvalue weighted by Crippen LogP contribution is 2.19. The normalized spacial score (nSPS) is 15.4. The molecule has 0 aliphatic rings. The van der Waals surface area contributed by atoms with E-state index in [0.29, 0.717) is 25.4 Å². The minimum absolute atomic E-state index is 0.240. The molecule has 0 spiro atoms. The summed E-state index contributed by atoms with van der Waals surface area (Å²) in [5, 5.41) is 8.91. The predicted octanol–water partition coefficient (Wildman–Crippen LogP) is 3.88. The number of aliphatic carboxylic acids is 1. The van der Waals surface area contributed by atoms with Crippen LogP contribution in [0.1, 0.15) is 66.2 Å². The maximum absolute atomic E-state index is 12.0. The van der Waals surface area contributed by atoms with E-state index in [1.165, 1.54) is 0 Å². The van der Waals surface area contributed by atoms with Crippen LogP contribution in [0.15, 0.2) is 0 Å². The third-order valence-corrected chi connectivity index (χ3v) is 3.89. The molecule has 0 bridgehead atoms. The van der Waals surface area contributed by atoms with E-state index in [1.54, 1.807) is 6.92 Å². The maximum Gasteiger partial charge on any atom is 0.308 e. The van der Waals surface area contributed by atoms with E-state index in [9.17, 15) is 9.59 Å². The van der Waals surface area contributed by atoms with E-state index in [4.69, 9.17) is 9.84 Å². The summed E-state index contributed by atoms with van der Waals surface area (Å²) >= 11 is 0. The molecule has 0 fully saturated rings. The standard InChI is InChI=1S/C16H30O4/c1-5-8-9-13(6-2)11-20-16(19)14(7-3)10-12(4)15(17)18/h12-14H,5-11H2,1-4H3,(H,17,18). The number of hydrogen-bond acceptors (Lipinski definition) is 3. The van der Waals surface area contributed by atoms with Crippen molar-refractivity contribution in [1.82, 2.24) is 0 Å². The number of carbonyl (C=O) groups excluding carboxylic acids is 1. The molecule has 20 heavy (non-hydrogen) atoms. The zero-order chi connectivity index (χ0) is 15.5. The monoisotopic (exact) mass is 286 g/mol. The molecule has 3 atom stereocenters. The molecular formula is C16H30O4. The lowest BCUT2D eigenvalue weighted by Crippen LogP contribution is -2.24. The lowest BCUT2D eigenvalue weighted by atomic mass is 9.93. The van der Waals surface area contributed by atoms with Crippen LogP contribution in [0.25, 0.3) is 0 Å². The number of ether oxygens (including phenoxy) is 1. The van der Waals surface area contributed by atoms with E-state index >= 15 is 0 Å². The number of rotatable bonds is 11. The zero-order valence-corrected chi connectivity index (χ0v) is 13.4. The fourth-order valence-corrected chi connectivity index (χ4v) is 2.17. The van der Waals surface area contributed by atoms with E-state index in [-0.39, 0.29) is 11.9 Å². The van der Waals surface area contributed by atoms with Gasteiger partial charge in [0.05, 0.1) is 18.4 Å². The first kappa shape index (κ1) is 18.9. The molecule has 3 unspecified atom stereocenters. The Balaban J connectivity index is 4.23. The number of carboxylic acid groups (broad SMARTS) is 1. The summed E-state index contributed by atoms with van der Waals surface area (Å²) < 4.78 is 5.39. The Hall–Kier alpha value is -1.06.